The molecule has 0 aliphatic heterocycles. The number of aromatic nitrogens is 1. The summed E-state index contributed by atoms with van der Waals surface area (Å²) in [5.74, 6) is 3.17. The van der Waals surface area contributed by atoms with Crippen LogP contribution >= 0.6 is 11.8 Å². The van der Waals surface area contributed by atoms with Crippen molar-refractivity contribution in [1.82, 2.24) is 10.3 Å². The van der Waals surface area contributed by atoms with Crippen molar-refractivity contribution >= 4 is 11.8 Å². The highest BCUT2D eigenvalue weighted by atomic mass is 32.2. The summed E-state index contributed by atoms with van der Waals surface area (Å²) in [6.07, 6.45) is 5.98. The summed E-state index contributed by atoms with van der Waals surface area (Å²) in [6.45, 7) is 8.19. The number of rotatable bonds is 10. The summed E-state index contributed by atoms with van der Waals surface area (Å²) in [6, 6.07) is 2.47. The third kappa shape index (κ3) is 6.30. The molecule has 0 bridgehead atoms. The van der Waals surface area contributed by atoms with Crippen LogP contribution in [0, 0.1) is 0 Å². The molecule has 19 heavy (non-hydrogen) atoms. The summed E-state index contributed by atoms with van der Waals surface area (Å²) >= 11 is 1.99. The Bertz CT molecular complexity index is 347. The van der Waals surface area contributed by atoms with Gasteiger partial charge in [-0.3, -0.25) is 4.98 Å². The smallest absolute Gasteiger partial charge is 0.137 e. The van der Waals surface area contributed by atoms with Crippen LogP contribution in [0.25, 0.3) is 0 Å². The third-order valence-corrected chi connectivity index (χ3v) is 3.96. The fraction of sp³-hybridized carbons (Fsp3) is 0.667. The van der Waals surface area contributed by atoms with Crippen molar-refractivity contribution in [2.75, 3.05) is 24.7 Å². The molecule has 1 rings (SSSR count). The van der Waals surface area contributed by atoms with Gasteiger partial charge in [0.1, 0.15) is 5.75 Å². The van der Waals surface area contributed by atoms with Gasteiger partial charge in [0, 0.05) is 18.0 Å². The van der Waals surface area contributed by atoms with E-state index in [4.69, 9.17) is 4.74 Å². The number of hydrogen-bond donors (Lipinski definition) is 1. The predicted octanol–water partition coefficient (Wildman–Crippen LogP) is 3.66. The van der Waals surface area contributed by atoms with Gasteiger partial charge in [-0.05, 0) is 36.8 Å². The van der Waals surface area contributed by atoms with E-state index in [0.717, 1.165) is 31.1 Å². The fourth-order valence-corrected chi connectivity index (χ4v) is 2.79. The van der Waals surface area contributed by atoms with Gasteiger partial charge in [0.2, 0.25) is 0 Å². The molecule has 4 heteroatoms. The fourth-order valence-electron chi connectivity index (χ4n) is 1.79. The van der Waals surface area contributed by atoms with Gasteiger partial charge in [-0.1, -0.05) is 20.8 Å². The molecule has 108 valence electrons. The number of nitrogens with one attached hydrogen (secondary N) is 1. The quantitative estimate of drug-likeness (QED) is 0.664. The maximum Gasteiger partial charge on any atom is 0.137 e. The molecule has 3 nitrogen and oxygen atoms in total. The third-order valence-electron chi connectivity index (χ3n) is 2.69. The van der Waals surface area contributed by atoms with E-state index in [2.05, 4.69) is 37.1 Å². The molecular formula is C15H26N2OS. The van der Waals surface area contributed by atoms with Gasteiger partial charge < -0.3 is 10.1 Å². The van der Waals surface area contributed by atoms with E-state index in [0.29, 0.717) is 6.04 Å². The van der Waals surface area contributed by atoms with Crippen LogP contribution < -0.4 is 10.1 Å². The molecule has 0 amide bonds. The SMILES string of the molecule is CCCOc1cncc(C(CSCCC)NCC)c1. The molecule has 0 radical (unpaired) electrons. The van der Waals surface area contributed by atoms with Crippen molar-refractivity contribution in [3.05, 3.63) is 24.0 Å². The summed E-state index contributed by atoms with van der Waals surface area (Å²) in [5, 5.41) is 3.52. The van der Waals surface area contributed by atoms with Crippen molar-refractivity contribution in [2.24, 2.45) is 0 Å². The Kier molecular flexibility index (Phi) is 8.67. The van der Waals surface area contributed by atoms with Crippen molar-refractivity contribution in [2.45, 2.75) is 39.7 Å². The normalized spacial score (nSPS) is 12.4. The Morgan fingerprint density at radius 3 is 2.79 bits per heavy atom. The van der Waals surface area contributed by atoms with Crippen molar-refractivity contribution in [3.63, 3.8) is 0 Å². The first-order valence-electron chi connectivity index (χ1n) is 7.20. The van der Waals surface area contributed by atoms with E-state index in [1.54, 1.807) is 6.20 Å². The van der Waals surface area contributed by atoms with Gasteiger partial charge in [-0.2, -0.15) is 11.8 Å². The molecule has 0 aliphatic rings. The molecular weight excluding hydrogens is 256 g/mol. The van der Waals surface area contributed by atoms with E-state index in [1.165, 1.54) is 17.7 Å². The Morgan fingerprint density at radius 2 is 2.11 bits per heavy atom. The van der Waals surface area contributed by atoms with E-state index in [-0.39, 0.29) is 0 Å². The topological polar surface area (TPSA) is 34.1 Å². The van der Waals surface area contributed by atoms with Gasteiger partial charge in [0.25, 0.3) is 0 Å². The van der Waals surface area contributed by atoms with Crippen LogP contribution in [0.2, 0.25) is 0 Å². The van der Waals surface area contributed by atoms with Crippen LogP contribution in [0.5, 0.6) is 5.75 Å². The predicted molar refractivity (Wildman–Crippen MR) is 84.1 cm³/mol. The van der Waals surface area contributed by atoms with Gasteiger partial charge in [-0.15, -0.1) is 0 Å². The summed E-state index contributed by atoms with van der Waals surface area (Å²) < 4.78 is 5.65. The van der Waals surface area contributed by atoms with Gasteiger partial charge in [0.15, 0.2) is 0 Å². The average Bonchev–Trinajstić information content (AvgIpc) is 2.45. The van der Waals surface area contributed by atoms with Crippen molar-refractivity contribution in [3.8, 4) is 5.75 Å². The number of ether oxygens (including phenoxy) is 1. The lowest BCUT2D eigenvalue weighted by molar-refractivity contribution is 0.315. The molecule has 0 aromatic carbocycles. The molecule has 0 fully saturated rings. The maximum absolute atomic E-state index is 5.65. The van der Waals surface area contributed by atoms with E-state index in [1.807, 2.05) is 18.0 Å². The highest BCUT2D eigenvalue weighted by Crippen LogP contribution is 2.22. The zero-order valence-electron chi connectivity index (χ0n) is 12.3. The molecule has 1 unspecified atom stereocenters. The van der Waals surface area contributed by atoms with Gasteiger partial charge in [-0.25, -0.2) is 0 Å². The molecule has 0 spiro atoms. The number of thioether (sulfide) groups is 1. The highest BCUT2D eigenvalue weighted by Gasteiger charge is 2.11. The molecule has 1 atom stereocenters. The standard InChI is InChI=1S/C15H26N2OS/c1-4-7-18-14-9-13(10-16-11-14)15(17-6-3)12-19-8-5-2/h9-11,15,17H,4-8,12H2,1-3H3. The average molecular weight is 282 g/mol. The van der Waals surface area contributed by atoms with Crippen LogP contribution in [0.15, 0.2) is 18.5 Å². The summed E-state index contributed by atoms with van der Waals surface area (Å²) in [4.78, 5) is 4.29. The minimum atomic E-state index is 0.360. The molecule has 1 aromatic rings. The molecule has 1 heterocycles. The second kappa shape index (κ2) is 10.1. The molecule has 0 saturated heterocycles. The minimum Gasteiger partial charge on any atom is -0.492 e. The second-order valence-corrected chi connectivity index (χ2v) is 5.64. The van der Waals surface area contributed by atoms with Crippen LogP contribution in [0.1, 0.15) is 45.2 Å². The molecule has 1 N–H and O–H groups in total. The first-order chi connectivity index (χ1) is 9.31. The first kappa shape index (κ1) is 16.3. The molecule has 0 saturated carbocycles. The second-order valence-electron chi connectivity index (χ2n) is 4.49. The Labute approximate surface area is 121 Å². The van der Waals surface area contributed by atoms with Crippen molar-refractivity contribution < 1.29 is 4.74 Å². The maximum atomic E-state index is 5.65. The van der Waals surface area contributed by atoms with Gasteiger partial charge >= 0.3 is 0 Å². The Morgan fingerprint density at radius 1 is 1.26 bits per heavy atom. The molecule has 1 aromatic heterocycles. The molecule has 0 aliphatic carbocycles. The lowest BCUT2D eigenvalue weighted by Crippen LogP contribution is -2.23. The van der Waals surface area contributed by atoms with Crippen molar-refractivity contribution in [1.29, 1.82) is 0 Å². The van der Waals surface area contributed by atoms with E-state index < -0.39 is 0 Å². The van der Waals surface area contributed by atoms with Crippen LogP contribution in [0.4, 0.5) is 0 Å². The lowest BCUT2D eigenvalue weighted by Gasteiger charge is -2.18. The Balaban J connectivity index is 2.65. The number of nitrogens with zero attached hydrogens (tertiary/aromatic N) is 1. The van der Waals surface area contributed by atoms with E-state index >= 15 is 0 Å². The number of pyridine rings is 1. The van der Waals surface area contributed by atoms with E-state index in [9.17, 15) is 0 Å². The first-order valence-corrected chi connectivity index (χ1v) is 8.36. The van der Waals surface area contributed by atoms with Crippen LogP contribution in [-0.4, -0.2) is 29.6 Å². The van der Waals surface area contributed by atoms with Crippen LogP contribution in [-0.2, 0) is 0 Å². The monoisotopic (exact) mass is 282 g/mol. The van der Waals surface area contributed by atoms with Gasteiger partial charge in [0.05, 0.1) is 12.8 Å². The Hall–Kier alpha value is -0.740. The zero-order chi connectivity index (χ0) is 13.9. The summed E-state index contributed by atoms with van der Waals surface area (Å²) in [5.41, 5.74) is 1.22. The van der Waals surface area contributed by atoms with Crippen LogP contribution in [0.3, 0.4) is 0 Å². The summed E-state index contributed by atoms with van der Waals surface area (Å²) in [7, 11) is 0. The lowest BCUT2D eigenvalue weighted by atomic mass is 10.1. The number of hydrogen-bond acceptors (Lipinski definition) is 4. The highest BCUT2D eigenvalue weighted by molar-refractivity contribution is 7.99. The largest absolute Gasteiger partial charge is 0.492 e. The minimum absolute atomic E-state index is 0.360. The zero-order valence-corrected chi connectivity index (χ0v) is 13.1.